The Labute approximate surface area is 108 Å². The normalized spacial score (nSPS) is 14.8. The fourth-order valence-electron chi connectivity index (χ4n) is 1.95. The number of methoxy groups -OCH3 is 1. The van der Waals surface area contributed by atoms with E-state index in [2.05, 4.69) is 4.90 Å². The first-order valence-corrected chi connectivity index (χ1v) is 6.16. The molecule has 3 nitrogen and oxygen atoms in total. The lowest BCUT2D eigenvalue weighted by molar-refractivity contribution is 0.0824. The number of benzene rings is 1. The topological polar surface area (TPSA) is 32.7 Å². The molecule has 0 aromatic heterocycles. The smallest absolute Gasteiger partial charge is 0.129 e. The van der Waals surface area contributed by atoms with Crippen LogP contribution in [0.15, 0.2) is 24.3 Å². The summed E-state index contributed by atoms with van der Waals surface area (Å²) in [5, 5.41) is 10.1. The molecule has 0 heterocycles. The van der Waals surface area contributed by atoms with Gasteiger partial charge in [-0.2, -0.15) is 0 Å². The zero-order valence-corrected chi connectivity index (χ0v) is 11.3. The summed E-state index contributed by atoms with van der Waals surface area (Å²) in [6.45, 7) is 4.06. The van der Waals surface area contributed by atoms with Gasteiger partial charge in [0.15, 0.2) is 0 Å². The van der Waals surface area contributed by atoms with Crippen molar-refractivity contribution in [1.82, 2.24) is 4.90 Å². The number of aliphatic hydroxyl groups is 1. The molecule has 0 fully saturated rings. The van der Waals surface area contributed by atoms with Gasteiger partial charge in [0, 0.05) is 25.8 Å². The third-order valence-electron chi connectivity index (χ3n) is 3.04. The minimum atomic E-state index is -0.781. The zero-order valence-electron chi connectivity index (χ0n) is 11.3. The van der Waals surface area contributed by atoms with Crippen LogP contribution < -0.4 is 0 Å². The first kappa shape index (κ1) is 15.1. The van der Waals surface area contributed by atoms with Gasteiger partial charge in [0.1, 0.15) is 5.82 Å². The van der Waals surface area contributed by atoms with E-state index in [-0.39, 0.29) is 11.7 Å². The van der Waals surface area contributed by atoms with E-state index in [1.165, 1.54) is 6.07 Å². The van der Waals surface area contributed by atoms with E-state index in [1.54, 1.807) is 25.3 Å². The van der Waals surface area contributed by atoms with Crippen LogP contribution in [0.5, 0.6) is 0 Å². The Morgan fingerprint density at radius 3 is 2.67 bits per heavy atom. The number of halogens is 1. The Kier molecular flexibility index (Phi) is 6.25. The van der Waals surface area contributed by atoms with Crippen LogP contribution in [0.1, 0.15) is 18.6 Å². The van der Waals surface area contributed by atoms with Crippen LogP contribution in [0.4, 0.5) is 4.39 Å². The highest BCUT2D eigenvalue weighted by atomic mass is 19.1. The van der Waals surface area contributed by atoms with Crippen LogP contribution >= 0.6 is 0 Å². The van der Waals surface area contributed by atoms with E-state index in [0.29, 0.717) is 18.7 Å². The second-order valence-corrected chi connectivity index (χ2v) is 4.70. The van der Waals surface area contributed by atoms with Gasteiger partial charge in [0.25, 0.3) is 0 Å². The van der Waals surface area contributed by atoms with E-state index in [9.17, 15) is 9.50 Å². The monoisotopic (exact) mass is 255 g/mol. The van der Waals surface area contributed by atoms with Gasteiger partial charge in [-0.1, -0.05) is 25.1 Å². The van der Waals surface area contributed by atoms with Gasteiger partial charge in [0.05, 0.1) is 12.7 Å². The molecule has 1 rings (SSSR count). The molecule has 1 aromatic carbocycles. The maximum atomic E-state index is 13.5. The van der Waals surface area contributed by atoms with Crippen molar-refractivity contribution in [3.05, 3.63) is 35.6 Å². The van der Waals surface area contributed by atoms with Gasteiger partial charge >= 0.3 is 0 Å². The third kappa shape index (κ3) is 4.37. The molecule has 102 valence electrons. The molecule has 0 saturated heterocycles. The van der Waals surface area contributed by atoms with Crippen molar-refractivity contribution in [1.29, 1.82) is 0 Å². The standard InChI is InChI=1S/C14H22FNO2/c1-11(10-16(2)8-9-18-3)14(17)12-6-4-5-7-13(12)15/h4-7,11,14,17H,8-10H2,1-3H3. The molecule has 4 heteroatoms. The average Bonchev–Trinajstić information content (AvgIpc) is 2.36. The molecule has 18 heavy (non-hydrogen) atoms. The Morgan fingerprint density at radius 1 is 1.39 bits per heavy atom. The molecular weight excluding hydrogens is 233 g/mol. The third-order valence-corrected chi connectivity index (χ3v) is 3.04. The maximum absolute atomic E-state index is 13.5. The van der Waals surface area contributed by atoms with Crippen LogP contribution in [0.25, 0.3) is 0 Å². The lowest BCUT2D eigenvalue weighted by Crippen LogP contribution is -2.30. The molecule has 0 saturated carbocycles. The van der Waals surface area contributed by atoms with Gasteiger partial charge in [-0.25, -0.2) is 4.39 Å². The number of hydrogen-bond acceptors (Lipinski definition) is 3. The molecule has 2 unspecified atom stereocenters. The highest BCUT2D eigenvalue weighted by Crippen LogP contribution is 2.24. The number of rotatable bonds is 7. The van der Waals surface area contributed by atoms with E-state index in [4.69, 9.17) is 4.74 Å². The molecule has 0 spiro atoms. The van der Waals surface area contributed by atoms with Crippen molar-refractivity contribution in [2.45, 2.75) is 13.0 Å². The molecule has 0 radical (unpaired) electrons. The minimum absolute atomic E-state index is 0.0382. The van der Waals surface area contributed by atoms with E-state index in [0.717, 1.165) is 6.54 Å². The molecule has 0 aliphatic rings. The predicted molar refractivity (Wildman–Crippen MR) is 69.9 cm³/mol. The van der Waals surface area contributed by atoms with E-state index < -0.39 is 6.10 Å². The summed E-state index contributed by atoms with van der Waals surface area (Å²) in [5.41, 5.74) is 0.366. The van der Waals surface area contributed by atoms with Crippen molar-refractivity contribution < 1.29 is 14.2 Å². The average molecular weight is 255 g/mol. The van der Waals surface area contributed by atoms with Crippen LogP contribution in [-0.2, 0) is 4.74 Å². The second-order valence-electron chi connectivity index (χ2n) is 4.70. The zero-order chi connectivity index (χ0) is 13.5. The van der Waals surface area contributed by atoms with Crippen molar-refractivity contribution in [3.8, 4) is 0 Å². The molecule has 0 bridgehead atoms. The molecule has 1 aromatic rings. The van der Waals surface area contributed by atoms with Crippen molar-refractivity contribution in [3.63, 3.8) is 0 Å². The Balaban J connectivity index is 2.56. The fraction of sp³-hybridized carbons (Fsp3) is 0.571. The molecular formula is C14H22FNO2. The fourth-order valence-corrected chi connectivity index (χ4v) is 1.95. The largest absolute Gasteiger partial charge is 0.388 e. The van der Waals surface area contributed by atoms with Gasteiger partial charge < -0.3 is 14.7 Å². The number of ether oxygens (including phenoxy) is 1. The number of likely N-dealkylation sites (N-methyl/N-ethyl adjacent to an activating group) is 1. The lowest BCUT2D eigenvalue weighted by atomic mass is 9.96. The van der Waals surface area contributed by atoms with Gasteiger partial charge in [-0.15, -0.1) is 0 Å². The van der Waals surface area contributed by atoms with E-state index >= 15 is 0 Å². The summed E-state index contributed by atoms with van der Waals surface area (Å²) in [4.78, 5) is 2.07. The quantitative estimate of drug-likeness (QED) is 0.809. The molecule has 1 N–H and O–H groups in total. The summed E-state index contributed by atoms with van der Waals surface area (Å²) in [6.07, 6.45) is -0.781. The van der Waals surface area contributed by atoms with Gasteiger partial charge in [-0.3, -0.25) is 0 Å². The Morgan fingerprint density at radius 2 is 2.06 bits per heavy atom. The first-order chi connectivity index (χ1) is 8.56. The van der Waals surface area contributed by atoms with Crippen LogP contribution in [0, 0.1) is 11.7 Å². The van der Waals surface area contributed by atoms with Crippen molar-refractivity contribution >= 4 is 0 Å². The van der Waals surface area contributed by atoms with Crippen molar-refractivity contribution in [2.24, 2.45) is 5.92 Å². The molecule has 2 atom stereocenters. The Bertz CT molecular complexity index is 359. The number of nitrogens with zero attached hydrogens (tertiary/aromatic N) is 1. The SMILES string of the molecule is COCCN(C)CC(C)C(O)c1ccccc1F. The molecule has 0 amide bonds. The summed E-state index contributed by atoms with van der Waals surface area (Å²) in [7, 11) is 3.62. The molecule has 0 aliphatic carbocycles. The first-order valence-electron chi connectivity index (χ1n) is 6.16. The summed E-state index contributed by atoms with van der Waals surface area (Å²) < 4.78 is 18.5. The summed E-state index contributed by atoms with van der Waals surface area (Å²) in [5.74, 6) is -0.389. The van der Waals surface area contributed by atoms with Crippen LogP contribution in [0.3, 0.4) is 0 Å². The molecule has 0 aliphatic heterocycles. The van der Waals surface area contributed by atoms with Crippen molar-refractivity contribution in [2.75, 3.05) is 33.9 Å². The predicted octanol–water partition coefficient (Wildman–Crippen LogP) is 2.07. The summed E-state index contributed by atoms with van der Waals surface area (Å²) >= 11 is 0. The summed E-state index contributed by atoms with van der Waals surface area (Å²) in [6, 6.07) is 6.37. The number of hydrogen-bond donors (Lipinski definition) is 1. The Hall–Kier alpha value is -0.970. The highest BCUT2D eigenvalue weighted by Gasteiger charge is 2.20. The van der Waals surface area contributed by atoms with Crippen LogP contribution in [0.2, 0.25) is 0 Å². The van der Waals surface area contributed by atoms with Gasteiger partial charge in [-0.05, 0) is 19.0 Å². The minimum Gasteiger partial charge on any atom is -0.388 e. The second kappa shape index (κ2) is 7.46. The highest BCUT2D eigenvalue weighted by molar-refractivity contribution is 5.20. The van der Waals surface area contributed by atoms with Crippen LogP contribution in [-0.4, -0.2) is 43.9 Å². The maximum Gasteiger partial charge on any atom is 0.129 e. The van der Waals surface area contributed by atoms with E-state index in [1.807, 2.05) is 14.0 Å². The number of aliphatic hydroxyl groups excluding tert-OH is 1. The lowest BCUT2D eigenvalue weighted by Gasteiger charge is -2.25. The van der Waals surface area contributed by atoms with Gasteiger partial charge in [0.2, 0.25) is 0 Å².